The Labute approximate surface area is 110 Å². The Balaban J connectivity index is -0.0000000480. The van der Waals surface area contributed by atoms with E-state index >= 15 is 0 Å². The molecule has 8 nitrogen and oxygen atoms in total. The summed E-state index contributed by atoms with van der Waals surface area (Å²) in [4.78, 5) is 19.3. The molecule has 111 valence electrons. The van der Waals surface area contributed by atoms with Crippen LogP contribution in [0.1, 0.15) is 13.8 Å². The van der Waals surface area contributed by atoms with Gasteiger partial charge in [-0.15, -0.1) is 0 Å². The van der Waals surface area contributed by atoms with Crippen molar-refractivity contribution in [3.63, 3.8) is 0 Å². The van der Waals surface area contributed by atoms with E-state index in [-0.39, 0.29) is 41.2 Å². The molecule has 0 fully saturated rings. The van der Waals surface area contributed by atoms with Crippen molar-refractivity contribution < 1.29 is 57.3 Å². The third-order valence-electron chi connectivity index (χ3n) is 0.859. The third-order valence-corrected chi connectivity index (χ3v) is 0.859. The van der Waals surface area contributed by atoms with Gasteiger partial charge in [0, 0.05) is 30.3 Å². The van der Waals surface area contributed by atoms with E-state index in [2.05, 4.69) is 9.47 Å². The Morgan fingerprint density at radius 3 is 1.18 bits per heavy atom. The second-order valence-corrected chi connectivity index (χ2v) is 2.06. The van der Waals surface area contributed by atoms with Gasteiger partial charge in [-0.05, 0) is 13.8 Å². The molecule has 0 saturated heterocycles. The minimum absolute atomic E-state index is 0. The van der Waals surface area contributed by atoms with Crippen molar-refractivity contribution >= 4 is 11.9 Å². The number of ether oxygens (including phenoxy) is 2. The van der Waals surface area contributed by atoms with Crippen LogP contribution in [0.25, 0.3) is 0 Å². The molecule has 9 heteroatoms. The molecule has 0 aromatic heterocycles. The van der Waals surface area contributed by atoms with Gasteiger partial charge in [0.2, 0.25) is 0 Å². The normalized spacial score (nSPS) is 7.18. The van der Waals surface area contributed by atoms with Gasteiger partial charge >= 0.3 is 11.9 Å². The minimum atomic E-state index is -0.915. The van der Waals surface area contributed by atoms with Crippen molar-refractivity contribution in [3.8, 4) is 0 Å². The molecule has 0 bridgehead atoms. The van der Waals surface area contributed by atoms with Gasteiger partial charge in [-0.1, -0.05) is 0 Å². The van der Waals surface area contributed by atoms with Gasteiger partial charge in [0.05, 0.1) is 0 Å². The number of carboxylic acids is 2. The quantitative estimate of drug-likeness (QED) is 0.572. The topological polar surface area (TPSA) is 156 Å². The Morgan fingerprint density at radius 2 is 1.12 bits per heavy atom. The predicted octanol–water partition coefficient (Wildman–Crippen LogP) is -1.44. The maximum absolute atomic E-state index is 9.63. The first kappa shape index (κ1) is 29.9. The standard InChI is InChI=1S/2C4H8O3.Cu.2H2O/c2*1-2-7-3-4(5)6;;;/h2*2-3H2,1H3,(H,5,6);;2*1H2. The summed E-state index contributed by atoms with van der Waals surface area (Å²) in [6.07, 6.45) is 0. The van der Waals surface area contributed by atoms with Crippen LogP contribution in [0.3, 0.4) is 0 Å². The maximum Gasteiger partial charge on any atom is 0.329 e. The van der Waals surface area contributed by atoms with Crippen LogP contribution in [0.4, 0.5) is 0 Å². The molecule has 1 radical (unpaired) electrons. The summed E-state index contributed by atoms with van der Waals surface area (Å²) in [5, 5.41) is 15.8. The van der Waals surface area contributed by atoms with Crippen LogP contribution in [-0.4, -0.2) is 59.5 Å². The van der Waals surface area contributed by atoms with Crippen molar-refractivity contribution in [2.75, 3.05) is 26.4 Å². The van der Waals surface area contributed by atoms with Gasteiger partial charge in [-0.25, -0.2) is 9.59 Å². The molecule has 0 aliphatic rings. The Morgan fingerprint density at radius 1 is 0.882 bits per heavy atom. The van der Waals surface area contributed by atoms with Crippen LogP contribution in [0.15, 0.2) is 0 Å². The van der Waals surface area contributed by atoms with Crippen LogP contribution in [0.2, 0.25) is 0 Å². The Kier molecular flexibility index (Phi) is 43.1. The predicted molar refractivity (Wildman–Crippen MR) is 55.5 cm³/mol. The minimum Gasteiger partial charge on any atom is -0.480 e. The van der Waals surface area contributed by atoms with Gasteiger partial charge in [-0.2, -0.15) is 0 Å². The zero-order chi connectivity index (χ0) is 11.4. The number of carbonyl (C=O) groups is 2. The molecule has 0 atom stereocenters. The molecule has 0 aromatic carbocycles. The molecule has 0 aliphatic heterocycles. The summed E-state index contributed by atoms with van der Waals surface area (Å²) < 4.78 is 8.99. The van der Waals surface area contributed by atoms with Gasteiger partial charge < -0.3 is 30.6 Å². The number of rotatable bonds is 6. The SMILES string of the molecule is CCOCC(=O)O.CCOCC(=O)O.O.O.[Cu]. The van der Waals surface area contributed by atoms with E-state index in [1.165, 1.54) is 0 Å². The van der Waals surface area contributed by atoms with Crippen LogP contribution >= 0.6 is 0 Å². The van der Waals surface area contributed by atoms with Gasteiger partial charge in [0.1, 0.15) is 13.2 Å². The van der Waals surface area contributed by atoms with Gasteiger partial charge in [-0.3, -0.25) is 0 Å². The second-order valence-electron chi connectivity index (χ2n) is 2.06. The van der Waals surface area contributed by atoms with E-state index < -0.39 is 11.9 Å². The molecule has 0 aromatic rings. The molecule has 0 heterocycles. The summed E-state index contributed by atoms with van der Waals surface area (Å²) in [5.41, 5.74) is 0. The van der Waals surface area contributed by atoms with Crippen LogP contribution in [0.5, 0.6) is 0 Å². The molecule has 17 heavy (non-hydrogen) atoms. The Bertz CT molecular complexity index is 146. The molecule has 0 amide bonds. The van der Waals surface area contributed by atoms with Crippen molar-refractivity contribution in [2.24, 2.45) is 0 Å². The van der Waals surface area contributed by atoms with E-state index in [9.17, 15) is 9.59 Å². The van der Waals surface area contributed by atoms with E-state index in [4.69, 9.17) is 10.2 Å². The molecule has 0 rings (SSSR count). The first-order valence-corrected chi connectivity index (χ1v) is 4.13. The zero-order valence-electron chi connectivity index (χ0n) is 9.66. The van der Waals surface area contributed by atoms with Crippen molar-refractivity contribution in [3.05, 3.63) is 0 Å². The summed E-state index contributed by atoms with van der Waals surface area (Å²) in [6.45, 7) is 4.07. The first-order valence-electron chi connectivity index (χ1n) is 4.13. The fraction of sp³-hybridized carbons (Fsp3) is 0.750. The Hall–Kier alpha value is -0.701. The summed E-state index contributed by atoms with van der Waals surface area (Å²) in [6, 6.07) is 0. The van der Waals surface area contributed by atoms with Crippen molar-refractivity contribution in [1.82, 2.24) is 0 Å². The van der Waals surface area contributed by atoms with Gasteiger partial charge in [0.25, 0.3) is 0 Å². The summed E-state index contributed by atoms with van der Waals surface area (Å²) in [5.74, 6) is -1.83. The largest absolute Gasteiger partial charge is 0.480 e. The average Bonchev–Trinajstić information content (AvgIpc) is 2.12. The maximum atomic E-state index is 9.63. The molecular formula is C8H20CuO8. The van der Waals surface area contributed by atoms with Crippen LogP contribution in [-0.2, 0) is 36.1 Å². The fourth-order valence-corrected chi connectivity index (χ4v) is 0.379. The van der Waals surface area contributed by atoms with Crippen molar-refractivity contribution in [2.45, 2.75) is 13.8 Å². The smallest absolute Gasteiger partial charge is 0.329 e. The van der Waals surface area contributed by atoms with E-state index in [0.717, 1.165) is 0 Å². The molecule has 6 N–H and O–H groups in total. The average molecular weight is 308 g/mol. The van der Waals surface area contributed by atoms with Crippen LogP contribution in [0, 0.1) is 0 Å². The van der Waals surface area contributed by atoms with E-state index in [1.807, 2.05) is 0 Å². The third kappa shape index (κ3) is 50.8. The molecular weight excluding hydrogens is 288 g/mol. The monoisotopic (exact) mass is 307 g/mol. The zero-order valence-corrected chi connectivity index (χ0v) is 10.6. The fourth-order valence-electron chi connectivity index (χ4n) is 0.379. The van der Waals surface area contributed by atoms with E-state index in [1.54, 1.807) is 13.8 Å². The summed E-state index contributed by atoms with van der Waals surface area (Å²) >= 11 is 0. The van der Waals surface area contributed by atoms with Crippen molar-refractivity contribution in [1.29, 1.82) is 0 Å². The second kappa shape index (κ2) is 24.5. The molecule has 0 aliphatic carbocycles. The van der Waals surface area contributed by atoms with Gasteiger partial charge in [0.15, 0.2) is 0 Å². The number of carboxylic acid groups (broad SMARTS) is 2. The number of hydrogen-bond acceptors (Lipinski definition) is 4. The molecule has 0 unspecified atom stereocenters. The van der Waals surface area contributed by atoms with E-state index in [0.29, 0.717) is 13.2 Å². The molecule has 0 spiro atoms. The number of hydrogen-bond donors (Lipinski definition) is 2. The van der Waals surface area contributed by atoms with Crippen LogP contribution < -0.4 is 0 Å². The number of aliphatic carboxylic acids is 2. The first-order chi connectivity index (χ1) is 6.54. The summed E-state index contributed by atoms with van der Waals surface area (Å²) in [7, 11) is 0. The molecule has 0 saturated carbocycles.